The molecule has 0 unspecified atom stereocenters. The van der Waals surface area contributed by atoms with Crippen LogP contribution in [0.2, 0.25) is 4.34 Å². The lowest BCUT2D eigenvalue weighted by atomic mass is 9.97. The van der Waals surface area contributed by atoms with E-state index in [9.17, 15) is 8.42 Å². The van der Waals surface area contributed by atoms with Crippen LogP contribution in [0.5, 0.6) is 0 Å². The third-order valence-corrected chi connectivity index (χ3v) is 7.23. The van der Waals surface area contributed by atoms with Crippen molar-refractivity contribution >= 4 is 33.0 Å². The van der Waals surface area contributed by atoms with Crippen LogP contribution in [0.4, 0.5) is 0 Å². The second kappa shape index (κ2) is 6.54. The van der Waals surface area contributed by atoms with Gasteiger partial charge in [0.05, 0.1) is 4.34 Å². The van der Waals surface area contributed by atoms with Crippen molar-refractivity contribution in [3.63, 3.8) is 0 Å². The number of nitrogens with one attached hydrogen (secondary N) is 1. The molecule has 0 amide bonds. The summed E-state index contributed by atoms with van der Waals surface area (Å²) >= 11 is 6.97. The zero-order chi connectivity index (χ0) is 15.7. The first-order chi connectivity index (χ1) is 9.68. The highest BCUT2D eigenvalue weighted by molar-refractivity contribution is 7.91. The first-order valence-electron chi connectivity index (χ1n) is 7.19. The molecule has 7 heteroatoms. The first kappa shape index (κ1) is 17.2. The van der Waals surface area contributed by atoms with Crippen molar-refractivity contribution in [3.05, 3.63) is 16.5 Å². The SMILES string of the molecule is CC(C)(C)NCC1CCN(S(=O)(=O)c2ccc(Cl)s2)CC1. The Morgan fingerprint density at radius 3 is 2.43 bits per heavy atom. The van der Waals surface area contributed by atoms with E-state index < -0.39 is 10.0 Å². The molecular formula is C14H23ClN2O2S2. The molecule has 1 fully saturated rings. The van der Waals surface area contributed by atoms with Gasteiger partial charge in [-0.2, -0.15) is 4.31 Å². The molecule has 0 saturated carbocycles. The van der Waals surface area contributed by atoms with E-state index in [0.717, 1.165) is 30.7 Å². The van der Waals surface area contributed by atoms with E-state index in [1.165, 1.54) is 0 Å². The Balaban J connectivity index is 1.92. The smallest absolute Gasteiger partial charge is 0.252 e. The fraction of sp³-hybridized carbons (Fsp3) is 0.714. The summed E-state index contributed by atoms with van der Waals surface area (Å²) in [4.78, 5) is 0. The van der Waals surface area contributed by atoms with Crippen LogP contribution in [-0.4, -0.2) is 37.9 Å². The van der Waals surface area contributed by atoms with Crippen LogP contribution in [0.3, 0.4) is 0 Å². The number of sulfonamides is 1. The summed E-state index contributed by atoms with van der Waals surface area (Å²) < 4.78 is 27.4. The monoisotopic (exact) mass is 350 g/mol. The van der Waals surface area contributed by atoms with Gasteiger partial charge >= 0.3 is 0 Å². The fourth-order valence-corrected chi connectivity index (χ4v) is 5.47. The fourth-order valence-electron chi connectivity index (χ4n) is 2.37. The highest BCUT2D eigenvalue weighted by Crippen LogP contribution is 2.30. The van der Waals surface area contributed by atoms with Crippen LogP contribution >= 0.6 is 22.9 Å². The average Bonchev–Trinajstić information content (AvgIpc) is 2.83. The highest BCUT2D eigenvalue weighted by atomic mass is 35.5. The van der Waals surface area contributed by atoms with Gasteiger partial charge in [0.15, 0.2) is 0 Å². The van der Waals surface area contributed by atoms with Crippen molar-refractivity contribution in [3.8, 4) is 0 Å². The number of hydrogen-bond acceptors (Lipinski definition) is 4. The lowest BCUT2D eigenvalue weighted by Crippen LogP contribution is -2.44. The van der Waals surface area contributed by atoms with E-state index in [0.29, 0.717) is 27.6 Å². The molecule has 1 aromatic heterocycles. The molecule has 1 aliphatic heterocycles. The third kappa shape index (κ3) is 4.66. The van der Waals surface area contributed by atoms with E-state index in [4.69, 9.17) is 11.6 Å². The molecule has 2 heterocycles. The van der Waals surface area contributed by atoms with Gasteiger partial charge < -0.3 is 5.32 Å². The topological polar surface area (TPSA) is 49.4 Å². The molecule has 2 rings (SSSR count). The van der Waals surface area contributed by atoms with Crippen molar-refractivity contribution in [2.75, 3.05) is 19.6 Å². The predicted octanol–water partition coefficient (Wildman–Crippen LogP) is 3.19. The number of nitrogens with zero attached hydrogens (tertiary/aromatic N) is 1. The maximum Gasteiger partial charge on any atom is 0.252 e. The van der Waals surface area contributed by atoms with Gasteiger partial charge in [0.25, 0.3) is 10.0 Å². The Kier molecular flexibility index (Phi) is 5.36. The van der Waals surface area contributed by atoms with Crippen molar-refractivity contribution < 1.29 is 8.42 Å². The molecule has 0 aromatic carbocycles. The predicted molar refractivity (Wildman–Crippen MR) is 88.6 cm³/mol. The van der Waals surface area contributed by atoms with E-state index >= 15 is 0 Å². The van der Waals surface area contributed by atoms with Gasteiger partial charge in [-0.1, -0.05) is 11.6 Å². The average molecular weight is 351 g/mol. The maximum atomic E-state index is 12.5. The number of piperidine rings is 1. The molecule has 4 nitrogen and oxygen atoms in total. The second-order valence-electron chi connectivity index (χ2n) is 6.54. The Labute approximate surface area is 136 Å². The van der Waals surface area contributed by atoms with Crippen molar-refractivity contribution in [1.82, 2.24) is 9.62 Å². The van der Waals surface area contributed by atoms with Crippen LogP contribution in [0.15, 0.2) is 16.3 Å². The number of thiophene rings is 1. The summed E-state index contributed by atoms with van der Waals surface area (Å²) in [7, 11) is -3.36. The van der Waals surface area contributed by atoms with Gasteiger partial charge in [0.1, 0.15) is 4.21 Å². The summed E-state index contributed by atoms with van der Waals surface area (Å²) in [5, 5.41) is 3.50. The Hall–Kier alpha value is -0.140. The molecule has 21 heavy (non-hydrogen) atoms. The van der Waals surface area contributed by atoms with E-state index in [2.05, 4.69) is 26.1 Å². The van der Waals surface area contributed by atoms with E-state index in [1.807, 2.05) is 0 Å². The molecule has 1 N–H and O–H groups in total. The Bertz CT molecular complexity index is 570. The Morgan fingerprint density at radius 1 is 1.33 bits per heavy atom. The minimum Gasteiger partial charge on any atom is -0.312 e. The van der Waals surface area contributed by atoms with Crippen LogP contribution in [-0.2, 0) is 10.0 Å². The standard InChI is InChI=1S/C14H23ClN2O2S2/c1-14(2,3)16-10-11-6-8-17(9-7-11)21(18,19)13-5-4-12(15)20-13/h4-5,11,16H,6-10H2,1-3H3. The summed E-state index contributed by atoms with van der Waals surface area (Å²) in [6.45, 7) is 8.57. The van der Waals surface area contributed by atoms with Gasteiger partial charge in [-0.15, -0.1) is 11.3 Å². The quantitative estimate of drug-likeness (QED) is 0.907. The summed E-state index contributed by atoms with van der Waals surface area (Å²) in [5.41, 5.74) is 0.108. The maximum absolute atomic E-state index is 12.5. The number of hydrogen-bond donors (Lipinski definition) is 1. The van der Waals surface area contributed by atoms with Crippen LogP contribution < -0.4 is 5.32 Å². The van der Waals surface area contributed by atoms with Crippen LogP contribution in [0, 0.1) is 5.92 Å². The van der Waals surface area contributed by atoms with Crippen LogP contribution in [0.25, 0.3) is 0 Å². The molecule has 0 bridgehead atoms. The van der Waals surface area contributed by atoms with Gasteiger partial charge in [-0.05, 0) is 58.2 Å². The molecule has 1 saturated heterocycles. The molecular weight excluding hydrogens is 328 g/mol. The zero-order valence-electron chi connectivity index (χ0n) is 12.7. The molecule has 0 atom stereocenters. The minimum absolute atomic E-state index is 0.108. The van der Waals surface area contributed by atoms with Gasteiger partial charge in [-0.3, -0.25) is 0 Å². The Morgan fingerprint density at radius 2 is 1.95 bits per heavy atom. The molecule has 0 aliphatic carbocycles. The minimum atomic E-state index is -3.36. The van der Waals surface area contributed by atoms with Gasteiger partial charge in [-0.25, -0.2) is 8.42 Å². The van der Waals surface area contributed by atoms with Crippen molar-refractivity contribution in [2.24, 2.45) is 5.92 Å². The van der Waals surface area contributed by atoms with Crippen molar-refractivity contribution in [1.29, 1.82) is 0 Å². The largest absolute Gasteiger partial charge is 0.312 e. The summed E-state index contributed by atoms with van der Waals surface area (Å²) in [6, 6.07) is 3.23. The highest BCUT2D eigenvalue weighted by Gasteiger charge is 2.30. The van der Waals surface area contributed by atoms with Crippen molar-refractivity contribution in [2.45, 2.75) is 43.4 Å². The number of halogens is 1. The third-order valence-electron chi connectivity index (χ3n) is 3.64. The van der Waals surface area contributed by atoms with E-state index in [1.54, 1.807) is 16.4 Å². The molecule has 0 spiro atoms. The zero-order valence-corrected chi connectivity index (χ0v) is 15.1. The summed E-state index contributed by atoms with van der Waals surface area (Å²) in [6.07, 6.45) is 1.81. The number of rotatable bonds is 4. The van der Waals surface area contributed by atoms with Gasteiger partial charge in [0, 0.05) is 18.6 Å². The molecule has 120 valence electrons. The summed E-state index contributed by atoms with van der Waals surface area (Å²) in [5.74, 6) is 0.544. The normalized spacial score (nSPS) is 19.0. The lowest BCUT2D eigenvalue weighted by Gasteiger charge is -2.32. The van der Waals surface area contributed by atoms with E-state index in [-0.39, 0.29) is 5.54 Å². The molecule has 0 radical (unpaired) electrons. The van der Waals surface area contributed by atoms with Gasteiger partial charge in [0.2, 0.25) is 0 Å². The first-order valence-corrected chi connectivity index (χ1v) is 9.82. The van der Waals surface area contributed by atoms with Crippen LogP contribution in [0.1, 0.15) is 33.6 Å². The second-order valence-corrected chi connectivity index (χ2v) is 10.4. The molecule has 1 aromatic rings. The molecule has 1 aliphatic rings. The lowest BCUT2D eigenvalue weighted by molar-refractivity contribution is 0.252.